The van der Waals surface area contributed by atoms with Crippen LogP contribution in [0.3, 0.4) is 0 Å². The van der Waals surface area contributed by atoms with E-state index >= 15 is 0 Å². The summed E-state index contributed by atoms with van der Waals surface area (Å²) in [5, 5.41) is 19.1. The highest BCUT2D eigenvalue weighted by Gasteiger charge is 2.49. The Morgan fingerprint density at radius 2 is 2.38 bits per heavy atom. The highest BCUT2D eigenvalue weighted by atomic mass is 32.2. The van der Waals surface area contributed by atoms with Gasteiger partial charge in [0.1, 0.15) is 17.3 Å². The van der Waals surface area contributed by atoms with E-state index in [-0.39, 0.29) is 23.7 Å². The van der Waals surface area contributed by atoms with Gasteiger partial charge in [0, 0.05) is 0 Å². The van der Waals surface area contributed by atoms with Gasteiger partial charge in [-0.25, -0.2) is 8.42 Å². The number of furan rings is 1. The second-order valence-corrected chi connectivity index (χ2v) is 6.21. The van der Waals surface area contributed by atoms with Crippen molar-refractivity contribution in [1.29, 1.82) is 5.26 Å². The van der Waals surface area contributed by atoms with Crippen molar-refractivity contribution in [3.63, 3.8) is 0 Å². The first kappa shape index (κ1) is 11.2. The molecule has 0 radical (unpaired) electrons. The zero-order chi connectivity index (χ0) is 11.8. The molecule has 2 heterocycles. The maximum absolute atomic E-state index is 11.4. The lowest BCUT2D eigenvalue weighted by Crippen LogP contribution is -2.28. The minimum absolute atomic E-state index is 0.0572. The van der Waals surface area contributed by atoms with Gasteiger partial charge in [-0.15, -0.1) is 0 Å². The molecule has 0 aliphatic carbocycles. The third-order valence-electron chi connectivity index (χ3n) is 2.90. The minimum Gasteiger partial charge on any atom is -0.467 e. The highest BCUT2D eigenvalue weighted by Crippen LogP contribution is 2.42. The summed E-state index contributed by atoms with van der Waals surface area (Å²) in [6.45, 7) is 0. The van der Waals surface area contributed by atoms with E-state index in [9.17, 15) is 13.5 Å². The van der Waals surface area contributed by atoms with Crippen molar-refractivity contribution >= 4 is 9.84 Å². The fraction of sp³-hybridized carbons (Fsp3) is 0.500. The Kier molecular flexibility index (Phi) is 2.52. The Morgan fingerprint density at radius 1 is 1.62 bits per heavy atom. The summed E-state index contributed by atoms with van der Waals surface area (Å²) in [7, 11) is -3.23. The Balaban J connectivity index is 2.35. The smallest absolute Gasteiger partial charge is 0.152 e. The molecule has 1 saturated heterocycles. The number of sulfone groups is 1. The van der Waals surface area contributed by atoms with Crippen molar-refractivity contribution in [3.8, 4) is 6.07 Å². The minimum atomic E-state index is -3.23. The van der Waals surface area contributed by atoms with Crippen LogP contribution in [-0.2, 0) is 9.84 Å². The van der Waals surface area contributed by atoms with Gasteiger partial charge >= 0.3 is 0 Å². The molecule has 0 aromatic carbocycles. The van der Waals surface area contributed by atoms with E-state index in [0.29, 0.717) is 0 Å². The van der Waals surface area contributed by atoms with Gasteiger partial charge in [-0.1, -0.05) is 0 Å². The fourth-order valence-corrected chi connectivity index (χ4v) is 3.93. The van der Waals surface area contributed by atoms with Gasteiger partial charge in [0.25, 0.3) is 0 Å². The molecule has 1 aliphatic heterocycles. The average Bonchev–Trinajstić information content (AvgIpc) is 2.85. The van der Waals surface area contributed by atoms with Crippen LogP contribution in [0.2, 0.25) is 0 Å². The monoisotopic (exact) mass is 241 g/mol. The van der Waals surface area contributed by atoms with E-state index in [0.717, 1.165) is 0 Å². The van der Waals surface area contributed by atoms with Gasteiger partial charge in [0.15, 0.2) is 9.84 Å². The quantitative estimate of drug-likeness (QED) is 0.820. The molecule has 0 bridgehead atoms. The van der Waals surface area contributed by atoms with Gasteiger partial charge in [-0.05, 0) is 18.6 Å². The molecule has 2 rings (SSSR count). The number of aliphatic hydroxyl groups excluding tert-OH is 1. The second-order valence-electron chi connectivity index (χ2n) is 4.03. The van der Waals surface area contributed by atoms with Crippen LogP contribution in [0.1, 0.15) is 18.3 Å². The molecule has 1 aliphatic rings. The van der Waals surface area contributed by atoms with Crippen LogP contribution in [0.25, 0.3) is 0 Å². The van der Waals surface area contributed by atoms with Crippen LogP contribution in [0.5, 0.6) is 0 Å². The van der Waals surface area contributed by atoms with Crippen molar-refractivity contribution in [2.24, 2.45) is 5.41 Å². The van der Waals surface area contributed by atoms with Gasteiger partial charge in [-0.2, -0.15) is 5.26 Å². The lowest BCUT2D eigenvalue weighted by atomic mass is 9.82. The third kappa shape index (κ3) is 1.72. The van der Waals surface area contributed by atoms with E-state index in [4.69, 9.17) is 9.68 Å². The van der Waals surface area contributed by atoms with Crippen LogP contribution in [0.15, 0.2) is 22.8 Å². The first-order valence-electron chi connectivity index (χ1n) is 4.82. The largest absolute Gasteiger partial charge is 0.467 e. The van der Waals surface area contributed by atoms with Gasteiger partial charge < -0.3 is 9.52 Å². The maximum atomic E-state index is 11.4. The van der Waals surface area contributed by atoms with Crippen LogP contribution in [0.4, 0.5) is 0 Å². The van der Waals surface area contributed by atoms with Crippen LogP contribution in [0, 0.1) is 16.7 Å². The molecule has 86 valence electrons. The third-order valence-corrected chi connectivity index (χ3v) is 4.68. The molecular weight excluding hydrogens is 230 g/mol. The summed E-state index contributed by atoms with van der Waals surface area (Å²) in [4.78, 5) is 0. The van der Waals surface area contributed by atoms with Crippen molar-refractivity contribution in [3.05, 3.63) is 24.2 Å². The maximum Gasteiger partial charge on any atom is 0.152 e. The predicted octanol–water partition coefficient (Wildman–Crippen LogP) is 0.641. The summed E-state index contributed by atoms with van der Waals surface area (Å²) in [5.41, 5.74) is -1.27. The molecule has 0 spiro atoms. The standard InChI is InChI=1S/C10H11NO4S/c11-6-10(3-5-16(13,14)7-10)9(12)8-2-1-4-15-8/h1-2,4,9,12H,3,5,7H2. The van der Waals surface area contributed by atoms with Crippen molar-refractivity contribution in [1.82, 2.24) is 0 Å². The van der Waals surface area contributed by atoms with Gasteiger partial charge in [0.05, 0.1) is 23.8 Å². The van der Waals surface area contributed by atoms with Gasteiger partial charge in [0.2, 0.25) is 0 Å². The molecule has 2 atom stereocenters. The lowest BCUT2D eigenvalue weighted by molar-refractivity contribution is 0.0589. The molecule has 5 nitrogen and oxygen atoms in total. The molecule has 1 fully saturated rings. The normalized spacial score (nSPS) is 29.8. The number of nitrogens with zero attached hydrogens (tertiary/aromatic N) is 1. The predicted molar refractivity (Wildman–Crippen MR) is 55.0 cm³/mol. The molecule has 0 saturated carbocycles. The molecule has 2 unspecified atom stereocenters. The molecule has 6 heteroatoms. The molecular formula is C10H11NO4S. The fourth-order valence-electron chi connectivity index (χ4n) is 1.96. The summed E-state index contributed by atoms with van der Waals surface area (Å²) in [5.74, 6) is -0.130. The Labute approximate surface area is 93.2 Å². The van der Waals surface area contributed by atoms with Crippen molar-refractivity contribution < 1.29 is 17.9 Å². The van der Waals surface area contributed by atoms with Crippen LogP contribution in [-0.4, -0.2) is 25.0 Å². The molecule has 0 amide bonds. The Bertz CT molecular complexity index is 514. The van der Waals surface area contributed by atoms with E-state index in [1.54, 1.807) is 6.07 Å². The lowest BCUT2D eigenvalue weighted by Gasteiger charge is -2.23. The topological polar surface area (TPSA) is 91.3 Å². The summed E-state index contributed by atoms with van der Waals surface area (Å²) < 4.78 is 27.8. The summed E-state index contributed by atoms with van der Waals surface area (Å²) >= 11 is 0. The second kappa shape index (κ2) is 3.61. The molecule has 16 heavy (non-hydrogen) atoms. The number of rotatable bonds is 2. The SMILES string of the molecule is N#CC1(C(O)c2ccco2)CCS(=O)(=O)C1. The zero-order valence-electron chi connectivity index (χ0n) is 8.46. The van der Waals surface area contributed by atoms with E-state index in [1.165, 1.54) is 12.3 Å². The molecule has 1 aromatic heterocycles. The number of hydrogen-bond donors (Lipinski definition) is 1. The zero-order valence-corrected chi connectivity index (χ0v) is 9.27. The Morgan fingerprint density at radius 3 is 2.81 bits per heavy atom. The van der Waals surface area contributed by atoms with E-state index in [2.05, 4.69) is 0 Å². The van der Waals surface area contributed by atoms with E-state index < -0.39 is 21.4 Å². The summed E-state index contributed by atoms with van der Waals surface area (Å²) in [6, 6.07) is 5.06. The average molecular weight is 241 g/mol. The van der Waals surface area contributed by atoms with Crippen molar-refractivity contribution in [2.45, 2.75) is 12.5 Å². The number of aliphatic hydroxyl groups is 1. The van der Waals surface area contributed by atoms with Crippen LogP contribution < -0.4 is 0 Å². The van der Waals surface area contributed by atoms with Gasteiger partial charge in [-0.3, -0.25) is 0 Å². The highest BCUT2D eigenvalue weighted by molar-refractivity contribution is 7.91. The van der Waals surface area contributed by atoms with E-state index in [1.807, 2.05) is 6.07 Å². The number of nitriles is 1. The van der Waals surface area contributed by atoms with Crippen LogP contribution >= 0.6 is 0 Å². The summed E-state index contributed by atoms with van der Waals surface area (Å²) in [6.07, 6.45) is 0.339. The first-order valence-corrected chi connectivity index (χ1v) is 6.64. The Hall–Kier alpha value is -1.32. The molecule has 1 aromatic rings. The first-order chi connectivity index (χ1) is 7.49. The van der Waals surface area contributed by atoms with Crippen molar-refractivity contribution in [2.75, 3.05) is 11.5 Å². The molecule has 1 N–H and O–H groups in total. The number of hydrogen-bond acceptors (Lipinski definition) is 5.